The molecule has 2 N–H and O–H groups in total. The van der Waals surface area contributed by atoms with E-state index in [0.717, 1.165) is 36.6 Å². The Morgan fingerprint density at radius 1 is 1.26 bits per heavy atom. The van der Waals surface area contributed by atoms with Gasteiger partial charge in [-0.3, -0.25) is 0 Å². The van der Waals surface area contributed by atoms with Gasteiger partial charge in [-0.05, 0) is 38.2 Å². The number of nitrogens with one attached hydrogen (secondary N) is 2. The van der Waals surface area contributed by atoms with E-state index in [1.165, 1.54) is 11.5 Å². The van der Waals surface area contributed by atoms with Crippen molar-refractivity contribution in [1.82, 2.24) is 9.97 Å². The third-order valence-corrected chi connectivity index (χ3v) is 3.84. The van der Waals surface area contributed by atoms with Crippen molar-refractivity contribution in [1.29, 1.82) is 0 Å². The van der Waals surface area contributed by atoms with E-state index in [1.54, 1.807) is 6.33 Å². The minimum Gasteiger partial charge on any atom is -0.370 e. The molecule has 1 aromatic heterocycles. The molecule has 0 saturated carbocycles. The molecular weight excluding hydrogens is 256 g/mol. The van der Waals surface area contributed by atoms with E-state index in [-0.39, 0.29) is 0 Å². The third-order valence-electron chi connectivity index (χ3n) is 2.91. The summed E-state index contributed by atoms with van der Waals surface area (Å²) in [6, 6.07) is 0.437. The van der Waals surface area contributed by atoms with E-state index < -0.39 is 0 Å². The summed E-state index contributed by atoms with van der Waals surface area (Å²) in [5.41, 5.74) is 1.10. The normalized spacial score (nSPS) is 12.2. The largest absolute Gasteiger partial charge is 0.370 e. The number of aromatic nitrogens is 2. The van der Waals surface area contributed by atoms with E-state index in [4.69, 9.17) is 0 Å². The van der Waals surface area contributed by atoms with E-state index in [0.29, 0.717) is 6.04 Å². The lowest BCUT2D eigenvalue weighted by molar-refractivity contribution is 0.764. The summed E-state index contributed by atoms with van der Waals surface area (Å²) in [5, 5.41) is 6.81. The van der Waals surface area contributed by atoms with Crippen LogP contribution in [0.2, 0.25) is 0 Å². The van der Waals surface area contributed by atoms with Crippen molar-refractivity contribution < 1.29 is 0 Å². The second-order valence-electron chi connectivity index (χ2n) is 4.65. The van der Waals surface area contributed by atoms with Crippen LogP contribution in [0, 0.1) is 6.92 Å². The average Bonchev–Trinajstić information content (AvgIpc) is 2.40. The number of nitrogens with zero attached hydrogens (tertiary/aromatic N) is 2. The Balaban J connectivity index is 2.57. The Hall–Kier alpha value is -0.970. The minimum atomic E-state index is 0.437. The first-order chi connectivity index (χ1) is 9.19. The van der Waals surface area contributed by atoms with Crippen LogP contribution in [0.3, 0.4) is 0 Å². The van der Waals surface area contributed by atoms with Crippen molar-refractivity contribution in [2.75, 3.05) is 28.7 Å². The van der Waals surface area contributed by atoms with E-state index in [2.05, 4.69) is 48.3 Å². The number of anilines is 2. The van der Waals surface area contributed by atoms with Gasteiger partial charge in [-0.15, -0.1) is 0 Å². The first kappa shape index (κ1) is 16.1. The van der Waals surface area contributed by atoms with Gasteiger partial charge in [0.25, 0.3) is 0 Å². The average molecular weight is 282 g/mol. The van der Waals surface area contributed by atoms with Gasteiger partial charge in [0, 0.05) is 18.2 Å². The first-order valence-corrected chi connectivity index (χ1v) is 8.24. The highest BCUT2D eigenvalue weighted by molar-refractivity contribution is 7.99. The van der Waals surface area contributed by atoms with E-state index >= 15 is 0 Å². The molecular formula is C14H26N4S. The Morgan fingerprint density at radius 3 is 2.68 bits per heavy atom. The van der Waals surface area contributed by atoms with Crippen molar-refractivity contribution in [2.45, 2.75) is 46.6 Å². The van der Waals surface area contributed by atoms with Gasteiger partial charge in [-0.25, -0.2) is 9.97 Å². The molecule has 0 amide bonds. The number of thioether (sulfide) groups is 1. The molecule has 0 aromatic carbocycles. The molecule has 0 bridgehead atoms. The Labute approximate surface area is 121 Å². The second kappa shape index (κ2) is 9.02. The summed E-state index contributed by atoms with van der Waals surface area (Å²) >= 11 is 1.98. The van der Waals surface area contributed by atoms with Gasteiger partial charge in [-0.2, -0.15) is 11.8 Å². The summed E-state index contributed by atoms with van der Waals surface area (Å²) in [5.74, 6) is 4.26. The number of hydrogen-bond donors (Lipinski definition) is 2. The Morgan fingerprint density at radius 2 is 2.00 bits per heavy atom. The van der Waals surface area contributed by atoms with Crippen molar-refractivity contribution in [3.8, 4) is 0 Å². The Kier molecular flexibility index (Phi) is 7.63. The molecule has 1 aromatic rings. The van der Waals surface area contributed by atoms with E-state index in [1.807, 2.05) is 11.8 Å². The van der Waals surface area contributed by atoms with E-state index in [9.17, 15) is 0 Å². The van der Waals surface area contributed by atoms with Crippen LogP contribution >= 0.6 is 11.8 Å². The summed E-state index contributed by atoms with van der Waals surface area (Å²) in [6.07, 6.45) is 3.87. The molecule has 0 spiro atoms. The molecule has 1 heterocycles. The highest BCUT2D eigenvalue weighted by Crippen LogP contribution is 2.19. The van der Waals surface area contributed by atoms with Gasteiger partial charge >= 0.3 is 0 Å². The zero-order valence-electron chi connectivity index (χ0n) is 12.5. The van der Waals surface area contributed by atoms with Gasteiger partial charge in [-0.1, -0.05) is 13.8 Å². The molecule has 0 fully saturated rings. The zero-order valence-corrected chi connectivity index (χ0v) is 13.3. The molecule has 1 unspecified atom stereocenters. The molecule has 0 aliphatic carbocycles. The molecule has 108 valence electrons. The molecule has 19 heavy (non-hydrogen) atoms. The standard InChI is InChI=1S/C14H26N4S/c1-5-8-15-13-12(4)14(17-10-16-13)18-11(3)7-9-19-6-2/h10-11H,5-9H2,1-4H3,(H2,15,16,17,18). The van der Waals surface area contributed by atoms with Crippen LogP contribution in [0.25, 0.3) is 0 Å². The van der Waals surface area contributed by atoms with Crippen LogP contribution in [0.4, 0.5) is 11.6 Å². The van der Waals surface area contributed by atoms with Crippen molar-refractivity contribution >= 4 is 23.4 Å². The molecule has 0 saturated heterocycles. The molecule has 0 aliphatic rings. The quantitative estimate of drug-likeness (QED) is 0.678. The highest BCUT2D eigenvalue weighted by atomic mass is 32.2. The van der Waals surface area contributed by atoms with Crippen LogP contribution in [0.5, 0.6) is 0 Å². The minimum absolute atomic E-state index is 0.437. The fraction of sp³-hybridized carbons (Fsp3) is 0.714. The second-order valence-corrected chi connectivity index (χ2v) is 6.05. The van der Waals surface area contributed by atoms with Crippen LogP contribution in [0.15, 0.2) is 6.33 Å². The molecule has 1 rings (SSSR count). The van der Waals surface area contributed by atoms with Crippen molar-refractivity contribution in [3.05, 3.63) is 11.9 Å². The summed E-state index contributed by atoms with van der Waals surface area (Å²) in [6.45, 7) is 9.56. The zero-order chi connectivity index (χ0) is 14.1. The molecule has 4 nitrogen and oxygen atoms in total. The lowest BCUT2D eigenvalue weighted by Gasteiger charge is -2.17. The molecule has 0 radical (unpaired) electrons. The highest BCUT2D eigenvalue weighted by Gasteiger charge is 2.09. The van der Waals surface area contributed by atoms with Crippen molar-refractivity contribution in [3.63, 3.8) is 0 Å². The smallest absolute Gasteiger partial charge is 0.134 e. The maximum atomic E-state index is 4.35. The van der Waals surface area contributed by atoms with Crippen molar-refractivity contribution in [2.24, 2.45) is 0 Å². The Bertz CT molecular complexity index is 370. The fourth-order valence-corrected chi connectivity index (χ4v) is 2.54. The SMILES string of the molecule is CCCNc1ncnc(NC(C)CCSCC)c1C. The predicted molar refractivity (Wildman–Crippen MR) is 86.3 cm³/mol. The molecule has 5 heteroatoms. The topological polar surface area (TPSA) is 49.8 Å². The van der Waals surface area contributed by atoms with Crippen LogP contribution in [-0.4, -0.2) is 34.1 Å². The van der Waals surface area contributed by atoms with Gasteiger partial charge < -0.3 is 10.6 Å². The molecule has 1 atom stereocenters. The number of rotatable bonds is 9. The summed E-state index contributed by atoms with van der Waals surface area (Å²) in [7, 11) is 0. The van der Waals surface area contributed by atoms with Gasteiger partial charge in [0.05, 0.1) is 0 Å². The lowest BCUT2D eigenvalue weighted by atomic mass is 10.2. The monoisotopic (exact) mass is 282 g/mol. The lowest BCUT2D eigenvalue weighted by Crippen LogP contribution is -2.18. The van der Waals surface area contributed by atoms with Gasteiger partial charge in [0.2, 0.25) is 0 Å². The molecule has 0 aliphatic heterocycles. The predicted octanol–water partition coefficient (Wildman–Crippen LogP) is 3.55. The number of hydrogen-bond acceptors (Lipinski definition) is 5. The van der Waals surface area contributed by atoms with Crippen LogP contribution < -0.4 is 10.6 Å². The fourth-order valence-electron chi connectivity index (χ4n) is 1.73. The maximum Gasteiger partial charge on any atom is 0.134 e. The first-order valence-electron chi connectivity index (χ1n) is 7.08. The third kappa shape index (κ3) is 5.68. The summed E-state index contributed by atoms with van der Waals surface area (Å²) in [4.78, 5) is 8.64. The van der Waals surface area contributed by atoms with Crippen LogP contribution in [-0.2, 0) is 0 Å². The van der Waals surface area contributed by atoms with Gasteiger partial charge in [0.15, 0.2) is 0 Å². The van der Waals surface area contributed by atoms with Gasteiger partial charge in [0.1, 0.15) is 18.0 Å². The van der Waals surface area contributed by atoms with Crippen LogP contribution in [0.1, 0.15) is 39.2 Å². The maximum absolute atomic E-state index is 4.35. The summed E-state index contributed by atoms with van der Waals surface area (Å²) < 4.78 is 0.